The molecule has 0 radical (unpaired) electrons. The second kappa shape index (κ2) is 13.8. The molecule has 9 nitrogen and oxygen atoms in total. The molecule has 0 bridgehead atoms. The van der Waals surface area contributed by atoms with Crippen LogP contribution in [0.3, 0.4) is 0 Å². The molecule has 1 saturated carbocycles. The summed E-state index contributed by atoms with van der Waals surface area (Å²) in [6.07, 6.45) is 4.28. The predicted octanol–water partition coefficient (Wildman–Crippen LogP) is 6.09. The molecule has 2 unspecified atom stereocenters. The van der Waals surface area contributed by atoms with E-state index in [4.69, 9.17) is 32.7 Å². The van der Waals surface area contributed by atoms with E-state index in [2.05, 4.69) is 4.74 Å². The van der Waals surface area contributed by atoms with Gasteiger partial charge < -0.3 is 19.4 Å². The molecule has 0 N–H and O–H groups in total. The number of piperidine rings is 1. The zero-order valence-corrected chi connectivity index (χ0v) is 25.7. The van der Waals surface area contributed by atoms with Crippen LogP contribution in [0.2, 0.25) is 10.0 Å². The molecule has 5 rings (SSSR count). The van der Waals surface area contributed by atoms with Crippen LogP contribution in [-0.2, 0) is 26.0 Å². The number of carbonyl (C=O) groups is 1. The Morgan fingerprint density at radius 3 is 2.39 bits per heavy atom. The minimum absolute atomic E-state index is 0.0161. The molecule has 14 heteroatoms. The van der Waals surface area contributed by atoms with Gasteiger partial charge in [-0.3, -0.25) is 4.79 Å². The molecule has 44 heavy (non-hydrogen) atoms. The van der Waals surface area contributed by atoms with Crippen LogP contribution >= 0.6 is 23.2 Å². The number of ether oxygens (including phenoxy) is 3. The van der Waals surface area contributed by atoms with Crippen molar-refractivity contribution in [3.63, 3.8) is 0 Å². The van der Waals surface area contributed by atoms with Gasteiger partial charge in [0.05, 0.1) is 11.5 Å². The zero-order chi connectivity index (χ0) is 31.4. The fourth-order valence-corrected chi connectivity index (χ4v) is 7.30. The van der Waals surface area contributed by atoms with Crippen molar-refractivity contribution in [1.82, 2.24) is 4.31 Å². The normalized spacial score (nSPS) is 18.2. The van der Waals surface area contributed by atoms with Gasteiger partial charge in [-0.1, -0.05) is 47.5 Å². The van der Waals surface area contributed by atoms with Crippen molar-refractivity contribution >= 4 is 39.2 Å². The Bertz CT molecular complexity index is 1570. The molecule has 2 atom stereocenters. The van der Waals surface area contributed by atoms with Gasteiger partial charge in [0.2, 0.25) is 10.0 Å². The Morgan fingerprint density at radius 2 is 1.73 bits per heavy atom. The number of nitrogens with zero attached hydrogens (tertiary/aromatic N) is 2. The number of alkyl halides is 2. The third-order valence-electron chi connectivity index (χ3n) is 7.51. The first-order chi connectivity index (χ1) is 21.0. The minimum atomic E-state index is -4.02. The number of carbonyl (C=O) groups excluding carboxylic acids is 1. The molecule has 1 aromatic heterocycles. The van der Waals surface area contributed by atoms with Crippen LogP contribution in [-0.4, -0.2) is 44.5 Å². The number of halogens is 4. The molecule has 3 aromatic rings. The molecule has 2 heterocycles. The van der Waals surface area contributed by atoms with Gasteiger partial charge in [-0.15, -0.1) is 0 Å². The third-order valence-corrected chi connectivity index (χ3v) is 10.1. The first-order valence-electron chi connectivity index (χ1n) is 14.1. The zero-order valence-electron chi connectivity index (χ0n) is 23.4. The first-order valence-corrected chi connectivity index (χ1v) is 16.3. The van der Waals surface area contributed by atoms with E-state index in [1.807, 2.05) is 0 Å². The van der Waals surface area contributed by atoms with E-state index in [0.717, 1.165) is 29.5 Å². The van der Waals surface area contributed by atoms with Crippen LogP contribution in [0.25, 0.3) is 0 Å². The maximum Gasteiger partial charge on any atom is 0.387 e. The Hall–Kier alpha value is -3.19. The van der Waals surface area contributed by atoms with Crippen LogP contribution in [0.1, 0.15) is 49.3 Å². The first kappa shape index (κ1) is 32.2. The second-order valence-corrected chi connectivity index (χ2v) is 13.4. The Balaban J connectivity index is 1.49. The fourth-order valence-electron chi connectivity index (χ4n) is 5.04. The lowest BCUT2D eigenvalue weighted by molar-refractivity contribution is -0.605. The van der Waals surface area contributed by atoms with Crippen molar-refractivity contribution in [3.05, 3.63) is 87.3 Å². The molecule has 0 amide bonds. The van der Waals surface area contributed by atoms with Gasteiger partial charge in [-0.25, -0.2) is 8.42 Å². The molecule has 0 spiro atoms. The topological polar surface area (TPSA) is 109 Å². The highest BCUT2D eigenvalue weighted by atomic mass is 35.5. The number of esters is 1. The average Bonchev–Trinajstić information content (AvgIpc) is 3.82. The molecular weight excluding hydrogens is 641 g/mol. The van der Waals surface area contributed by atoms with E-state index in [0.29, 0.717) is 41.2 Å². The predicted molar refractivity (Wildman–Crippen MR) is 157 cm³/mol. The number of hydrogen-bond acceptors (Lipinski definition) is 7. The van der Waals surface area contributed by atoms with Gasteiger partial charge in [0, 0.05) is 18.5 Å². The molecule has 2 aromatic carbocycles. The van der Waals surface area contributed by atoms with Crippen molar-refractivity contribution < 1.29 is 40.9 Å². The fraction of sp³-hybridized carbons (Fsp3) is 0.400. The van der Waals surface area contributed by atoms with Crippen LogP contribution in [0.15, 0.2) is 65.8 Å². The van der Waals surface area contributed by atoms with Crippen molar-refractivity contribution in [2.75, 3.05) is 13.2 Å². The highest BCUT2D eigenvalue weighted by molar-refractivity contribution is 7.89. The lowest BCUT2D eigenvalue weighted by Crippen LogP contribution is -2.48. The Kier molecular flexibility index (Phi) is 10.1. The number of pyridine rings is 1. The number of benzene rings is 2. The van der Waals surface area contributed by atoms with Crippen LogP contribution < -0.4 is 14.2 Å². The SMILES string of the molecule is O=C(OC(Cc1c(Cl)c[n+]([O-])cc1Cl)c1ccc(OC(F)F)c(OCC2CC2)c1)C1CCCCN1S(=O)(=O)c1ccccc1. The summed E-state index contributed by atoms with van der Waals surface area (Å²) in [5, 5.41) is 11.9. The maximum atomic E-state index is 13.8. The third kappa shape index (κ3) is 7.71. The Morgan fingerprint density at radius 1 is 1.02 bits per heavy atom. The number of hydrogen-bond donors (Lipinski definition) is 0. The molecule has 2 fully saturated rings. The van der Waals surface area contributed by atoms with Crippen molar-refractivity contribution in [2.45, 2.75) is 62.2 Å². The highest BCUT2D eigenvalue weighted by Crippen LogP contribution is 2.38. The summed E-state index contributed by atoms with van der Waals surface area (Å²) >= 11 is 12.7. The molecule has 1 saturated heterocycles. The van der Waals surface area contributed by atoms with Gasteiger partial charge in [0.15, 0.2) is 23.9 Å². The highest BCUT2D eigenvalue weighted by Gasteiger charge is 2.40. The van der Waals surface area contributed by atoms with Gasteiger partial charge in [-0.2, -0.15) is 17.8 Å². The molecular formula is C30H30Cl2F2N2O7S. The second-order valence-electron chi connectivity index (χ2n) is 10.7. The summed E-state index contributed by atoms with van der Waals surface area (Å²) in [5.41, 5.74) is 0.633. The van der Waals surface area contributed by atoms with Crippen molar-refractivity contribution in [2.24, 2.45) is 5.92 Å². The van der Waals surface area contributed by atoms with Gasteiger partial charge in [0.25, 0.3) is 0 Å². The lowest BCUT2D eigenvalue weighted by atomic mass is 10.0. The lowest BCUT2D eigenvalue weighted by Gasteiger charge is -2.34. The smallest absolute Gasteiger partial charge is 0.387 e. The maximum absolute atomic E-state index is 13.8. The van der Waals surface area contributed by atoms with E-state index >= 15 is 0 Å². The molecule has 236 valence electrons. The summed E-state index contributed by atoms with van der Waals surface area (Å²) in [7, 11) is -4.02. The van der Waals surface area contributed by atoms with Gasteiger partial charge in [-0.05, 0) is 67.9 Å². The van der Waals surface area contributed by atoms with Crippen molar-refractivity contribution in [3.8, 4) is 11.5 Å². The van der Waals surface area contributed by atoms with Crippen molar-refractivity contribution in [1.29, 1.82) is 0 Å². The van der Waals surface area contributed by atoms with E-state index in [1.54, 1.807) is 18.2 Å². The largest absolute Gasteiger partial charge is 0.619 e. The summed E-state index contributed by atoms with van der Waals surface area (Å²) in [6.45, 7) is -2.68. The number of aromatic nitrogens is 1. The summed E-state index contributed by atoms with van der Waals surface area (Å²) in [6, 6.07) is 10.9. The van der Waals surface area contributed by atoms with Crippen LogP contribution in [0.5, 0.6) is 11.5 Å². The molecule has 1 aliphatic carbocycles. The van der Waals surface area contributed by atoms with E-state index in [9.17, 15) is 27.2 Å². The van der Waals surface area contributed by atoms with Gasteiger partial charge >= 0.3 is 12.6 Å². The monoisotopic (exact) mass is 670 g/mol. The standard InChI is InChI=1S/C30H30Cl2F2N2O7S/c31-23-16-35(38)17-24(32)22(23)15-27(20-11-12-26(43-30(33)34)28(14-20)41-18-19-9-10-19)42-29(37)25-8-4-5-13-36(25)44(39,40)21-6-2-1-3-7-21/h1-3,6-7,11-12,14,16-17,19,25,27,30H,4-5,8-10,13,15,18H2. The minimum Gasteiger partial charge on any atom is -0.619 e. The number of rotatable bonds is 12. The van der Waals surface area contributed by atoms with Gasteiger partial charge in [0.1, 0.15) is 22.2 Å². The van der Waals surface area contributed by atoms with Crippen LogP contribution in [0.4, 0.5) is 8.78 Å². The number of sulfonamides is 1. The van der Waals surface area contributed by atoms with E-state index in [1.165, 1.54) is 30.3 Å². The quantitative estimate of drug-likeness (QED) is 0.130. The average molecular weight is 672 g/mol. The summed E-state index contributed by atoms with van der Waals surface area (Å²) in [4.78, 5) is 13.9. The van der Waals surface area contributed by atoms with E-state index < -0.39 is 34.7 Å². The molecule has 2 aliphatic rings. The van der Waals surface area contributed by atoms with E-state index in [-0.39, 0.29) is 45.8 Å². The van der Waals surface area contributed by atoms with Crippen LogP contribution in [0, 0.1) is 11.1 Å². The molecule has 1 aliphatic heterocycles. The Labute approximate surface area is 263 Å². The summed E-state index contributed by atoms with van der Waals surface area (Å²) in [5.74, 6) is -0.657. The summed E-state index contributed by atoms with van der Waals surface area (Å²) < 4.78 is 71.4.